The first-order chi connectivity index (χ1) is 3.31. The van der Waals surface area contributed by atoms with Gasteiger partial charge >= 0.3 is 0 Å². The van der Waals surface area contributed by atoms with E-state index in [0.29, 0.717) is 6.61 Å². The molecule has 0 aliphatic carbocycles. The van der Waals surface area contributed by atoms with Crippen LogP contribution in [-0.4, -0.2) is 19.8 Å². The van der Waals surface area contributed by atoms with Crippen LogP contribution >= 0.6 is 12.4 Å². The zero-order chi connectivity index (χ0) is 5.70. The SMILES string of the molecule is COCC(N)C#N.Cl. The van der Waals surface area contributed by atoms with E-state index in [2.05, 4.69) is 4.74 Å². The number of hydrogen-bond donors (Lipinski definition) is 1. The van der Waals surface area contributed by atoms with Gasteiger partial charge in [0, 0.05) is 7.11 Å². The summed E-state index contributed by atoms with van der Waals surface area (Å²) in [5, 5.41) is 8.01. The minimum atomic E-state index is -0.468. The van der Waals surface area contributed by atoms with E-state index in [1.54, 1.807) is 0 Å². The highest BCUT2D eigenvalue weighted by Gasteiger charge is 1.93. The van der Waals surface area contributed by atoms with Crippen molar-refractivity contribution in [2.75, 3.05) is 13.7 Å². The summed E-state index contributed by atoms with van der Waals surface area (Å²) < 4.78 is 4.55. The number of ether oxygens (including phenoxy) is 1. The van der Waals surface area contributed by atoms with Crippen molar-refractivity contribution in [2.45, 2.75) is 6.04 Å². The van der Waals surface area contributed by atoms with Gasteiger partial charge in [-0.1, -0.05) is 0 Å². The van der Waals surface area contributed by atoms with E-state index < -0.39 is 6.04 Å². The fourth-order valence-corrected chi connectivity index (χ4v) is 0.217. The highest BCUT2D eigenvalue weighted by atomic mass is 35.5. The van der Waals surface area contributed by atoms with Crippen LogP contribution in [-0.2, 0) is 4.74 Å². The van der Waals surface area contributed by atoms with Crippen LogP contribution in [0.25, 0.3) is 0 Å². The summed E-state index contributed by atoms with van der Waals surface area (Å²) in [4.78, 5) is 0. The van der Waals surface area contributed by atoms with Crippen molar-refractivity contribution in [3.63, 3.8) is 0 Å². The van der Waals surface area contributed by atoms with Gasteiger partial charge in [0.05, 0.1) is 12.7 Å². The number of methoxy groups -OCH3 is 1. The molecule has 0 aromatic rings. The molecule has 0 bridgehead atoms. The van der Waals surface area contributed by atoms with Crippen LogP contribution in [0.2, 0.25) is 0 Å². The molecule has 0 rings (SSSR count). The summed E-state index contributed by atoms with van der Waals surface area (Å²) in [6.07, 6.45) is 0. The van der Waals surface area contributed by atoms with Crippen LogP contribution in [0, 0.1) is 11.3 Å². The molecule has 0 amide bonds. The van der Waals surface area contributed by atoms with Crippen LogP contribution in [0.15, 0.2) is 0 Å². The molecule has 1 unspecified atom stereocenters. The highest BCUT2D eigenvalue weighted by Crippen LogP contribution is 1.72. The number of nitrogens with zero attached hydrogens (tertiary/aromatic N) is 1. The van der Waals surface area contributed by atoms with Crippen molar-refractivity contribution in [2.24, 2.45) is 5.73 Å². The second-order valence-electron chi connectivity index (χ2n) is 1.19. The van der Waals surface area contributed by atoms with E-state index >= 15 is 0 Å². The van der Waals surface area contributed by atoms with Gasteiger partial charge < -0.3 is 10.5 Å². The lowest BCUT2D eigenvalue weighted by atomic mass is 10.4. The van der Waals surface area contributed by atoms with E-state index in [1.807, 2.05) is 6.07 Å². The van der Waals surface area contributed by atoms with Crippen LogP contribution in [0.5, 0.6) is 0 Å². The summed E-state index contributed by atoms with van der Waals surface area (Å²) >= 11 is 0. The van der Waals surface area contributed by atoms with Gasteiger partial charge in [-0.05, 0) is 0 Å². The van der Waals surface area contributed by atoms with Gasteiger partial charge in [-0.2, -0.15) is 5.26 Å². The maximum atomic E-state index is 8.01. The third-order valence-electron chi connectivity index (χ3n) is 0.512. The Morgan fingerprint density at radius 2 is 2.38 bits per heavy atom. The van der Waals surface area contributed by atoms with Crippen LogP contribution in [0.1, 0.15) is 0 Å². The molecule has 0 aliphatic heterocycles. The highest BCUT2D eigenvalue weighted by molar-refractivity contribution is 5.85. The standard InChI is InChI=1S/C4H8N2O.ClH/c1-7-3-4(6)2-5;/h4H,3,6H2,1H3;1H. The molecule has 0 aromatic heterocycles. The van der Waals surface area contributed by atoms with Crippen molar-refractivity contribution in [1.29, 1.82) is 5.26 Å². The molecule has 0 spiro atoms. The lowest BCUT2D eigenvalue weighted by Crippen LogP contribution is -2.22. The minimum absolute atomic E-state index is 0. The number of nitriles is 1. The van der Waals surface area contributed by atoms with Gasteiger partial charge in [0.15, 0.2) is 0 Å². The molecule has 48 valence electrons. The van der Waals surface area contributed by atoms with E-state index in [-0.39, 0.29) is 12.4 Å². The molecule has 1 atom stereocenters. The zero-order valence-electron chi connectivity index (χ0n) is 4.63. The number of hydrogen-bond acceptors (Lipinski definition) is 3. The van der Waals surface area contributed by atoms with Crippen molar-refractivity contribution < 1.29 is 4.74 Å². The maximum Gasteiger partial charge on any atom is 0.116 e. The smallest absolute Gasteiger partial charge is 0.116 e. The largest absolute Gasteiger partial charge is 0.382 e. The lowest BCUT2D eigenvalue weighted by molar-refractivity contribution is 0.193. The van der Waals surface area contributed by atoms with Crippen LogP contribution < -0.4 is 5.73 Å². The molecule has 0 fully saturated rings. The van der Waals surface area contributed by atoms with Crippen LogP contribution in [0.4, 0.5) is 0 Å². The summed E-state index contributed by atoms with van der Waals surface area (Å²) in [7, 11) is 1.51. The molecule has 3 nitrogen and oxygen atoms in total. The Bertz CT molecular complexity index is 80.6. The Morgan fingerprint density at radius 3 is 2.50 bits per heavy atom. The van der Waals surface area contributed by atoms with Gasteiger partial charge in [0.2, 0.25) is 0 Å². The summed E-state index contributed by atoms with van der Waals surface area (Å²) in [5.74, 6) is 0. The average Bonchev–Trinajstić information content (AvgIpc) is 1.68. The molecule has 0 saturated heterocycles. The second-order valence-corrected chi connectivity index (χ2v) is 1.19. The molecule has 0 heterocycles. The van der Waals surface area contributed by atoms with Gasteiger partial charge in [0.1, 0.15) is 6.04 Å². The summed E-state index contributed by atoms with van der Waals surface area (Å²) in [6.45, 7) is 0.316. The first-order valence-corrected chi connectivity index (χ1v) is 1.95. The predicted molar refractivity (Wildman–Crippen MR) is 32.7 cm³/mol. The Morgan fingerprint density at radius 1 is 1.88 bits per heavy atom. The number of nitrogens with two attached hydrogens (primary N) is 1. The maximum absolute atomic E-state index is 8.01. The first kappa shape index (κ1) is 10.6. The van der Waals surface area contributed by atoms with Crippen molar-refractivity contribution in [3.05, 3.63) is 0 Å². The second kappa shape index (κ2) is 6.70. The fraction of sp³-hybridized carbons (Fsp3) is 0.750. The van der Waals surface area contributed by atoms with Gasteiger partial charge in [-0.3, -0.25) is 0 Å². The van der Waals surface area contributed by atoms with Gasteiger partial charge in [-0.25, -0.2) is 0 Å². The Labute approximate surface area is 54.8 Å². The quantitative estimate of drug-likeness (QED) is 0.577. The Balaban J connectivity index is 0. The third-order valence-corrected chi connectivity index (χ3v) is 0.512. The monoisotopic (exact) mass is 136 g/mol. The van der Waals surface area contributed by atoms with Gasteiger partial charge in [-0.15, -0.1) is 12.4 Å². The zero-order valence-corrected chi connectivity index (χ0v) is 5.44. The Kier molecular flexibility index (Phi) is 8.91. The van der Waals surface area contributed by atoms with E-state index in [4.69, 9.17) is 11.0 Å². The van der Waals surface area contributed by atoms with E-state index in [1.165, 1.54) is 7.11 Å². The molecule has 0 radical (unpaired) electrons. The molecule has 2 N–H and O–H groups in total. The van der Waals surface area contributed by atoms with E-state index in [0.717, 1.165) is 0 Å². The number of rotatable bonds is 2. The summed E-state index contributed by atoms with van der Waals surface area (Å²) in [6, 6.07) is 1.35. The van der Waals surface area contributed by atoms with E-state index in [9.17, 15) is 0 Å². The molecule has 8 heavy (non-hydrogen) atoms. The minimum Gasteiger partial charge on any atom is -0.382 e. The lowest BCUT2D eigenvalue weighted by Gasteiger charge is -1.95. The fourth-order valence-electron chi connectivity index (χ4n) is 0.217. The van der Waals surface area contributed by atoms with Crippen molar-refractivity contribution in [1.82, 2.24) is 0 Å². The first-order valence-electron chi connectivity index (χ1n) is 1.95. The van der Waals surface area contributed by atoms with Gasteiger partial charge in [0.25, 0.3) is 0 Å². The third kappa shape index (κ3) is 5.70. The number of halogens is 1. The molecule has 4 heteroatoms. The average molecular weight is 137 g/mol. The normalized spacial score (nSPS) is 11.1. The van der Waals surface area contributed by atoms with Crippen LogP contribution in [0.3, 0.4) is 0 Å². The molecule has 0 saturated carbocycles. The molecular weight excluding hydrogens is 128 g/mol. The molecular formula is C4H9ClN2O. The van der Waals surface area contributed by atoms with Crippen molar-refractivity contribution >= 4 is 12.4 Å². The molecule has 0 aliphatic rings. The molecule has 0 aromatic carbocycles. The predicted octanol–water partition coefficient (Wildman–Crippen LogP) is -0.0945. The summed E-state index contributed by atoms with van der Waals surface area (Å²) in [5.41, 5.74) is 5.10. The topological polar surface area (TPSA) is 59.0 Å². The Hall–Kier alpha value is -0.300. The van der Waals surface area contributed by atoms with Crippen molar-refractivity contribution in [3.8, 4) is 6.07 Å².